The summed E-state index contributed by atoms with van der Waals surface area (Å²) in [4.78, 5) is 11.0. The molecule has 0 aliphatic rings. The normalized spacial score (nSPS) is 10.0. The number of carbonyl (C=O) groups is 1. The molecule has 0 spiro atoms. The number of aromatic nitrogens is 2. The molecule has 1 amide bonds. The van der Waals surface area contributed by atoms with Crippen molar-refractivity contribution >= 4 is 27.5 Å². The lowest BCUT2D eigenvalue weighted by molar-refractivity contribution is 0.0996. The van der Waals surface area contributed by atoms with Gasteiger partial charge in [0, 0.05) is 4.47 Å². The molecule has 0 atom stereocenters. The molecule has 1 heterocycles. The Morgan fingerprint density at radius 2 is 2.22 bits per heavy atom. The van der Waals surface area contributed by atoms with Crippen LogP contribution in [0.4, 0.5) is 5.69 Å². The van der Waals surface area contributed by atoms with E-state index in [0.29, 0.717) is 15.7 Å². The van der Waals surface area contributed by atoms with E-state index in [1.165, 1.54) is 10.9 Å². The van der Waals surface area contributed by atoms with Crippen LogP contribution in [0.3, 0.4) is 0 Å². The van der Waals surface area contributed by atoms with Crippen molar-refractivity contribution in [3.63, 3.8) is 0 Å². The van der Waals surface area contributed by atoms with Crippen molar-refractivity contribution in [1.82, 2.24) is 9.78 Å². The van der Waals surface area contributed by atoms with E-state index in [-0.39, 0.29) is 11.4 Å². The summed E-state index contributed by atoms with van der Waals surface area (Å²) in [6.45, 7) is 0. The highest BCUT2D eigenvalue weighted by Gasteiger charge is 2.12. The highest BCUT2D eigenvalue weighted by molar-refractivity contribution is 9.10. The fourth-order valence-corrected chi connectivity index (χ4v) is 1.90. The third kappa shape index (κ3) is 2.06. The maximum absolute atomic E-state index is 11.0. The number of carbonyl (C=O) groups excluding carboxylic acids is 1. The molecule has 2 rings (SSSR count). The summed E-state index contributed by atoms with van der Waals surface area (Å²) in [6.07, 6.45) is 1.49. The van der Waals surface area contributed by atoms with Crippen LogP contribution in [0, 0.1) is 11.3 Å². The van der Waals surface area contributed by atoms with Gasteiger partial charge in [-0.1, -0.05) is 0 Å². The van der Waals surface area contributed by atoms with Gasteiger partial charge < -0.3 is 11.5 Å². The van der Waals surface area contributed by atoms with Gasteiger partial charge in [-0.2, -0.15) is 10.4 Å². The SMILES string of the molecule is N#Cc1ccc(-n2cc(N)c(C(N)=O)n2)cc1Br. The summed E-state index contributed by atoms with van der Waals surface area (Å²) in [5.41, 5.74) is 12.2. The van der Waals surface area contributed by atoms with E-state index in [1.54, 1.807) is 18.2 Å². The Morgan fingerprint density at radius 1 is 1.50 bits per heavy atom. The van der Waals surface area contributed by atoms with Gasteiger partial charge in [-0.05, 0) is 34.1 Å². The van der Waals surface area contributed by atoms with E-state index in [1.807, 2.05) is 6.07 Å². The topological polar surface area (TPSA) is 111 Å². The lowest BCUT2D eigenvalue weighted by Gasteiger charge is -2.02. The lowest BCUT2D eigenvalue weighted by atomic mass is 10.2. The standard InChI is InChI=1S/C11H8BrN5O/c12-8-3-7(2-1-6(8)4-13)17-5-9(14)10(16-17)11(15)18/h1-3,5H,14H2,(H2,15,18). The van der Waals surface area contributed by atoms with E-state index in [0.717, 1.165) is 0 Å². The average Bonchev–Trinajstić information content (AvgIpc) is 2.71. The molecule has 0 aliphatic carbocycles. The first kappa shape index (κ1) is 12.1. The Balaban J connectivity index is 2.50. The Hall–Kier alpha value is -2.33. The number of rotatable bonds is 2. The smallest absolute Gasteiger partial charge is 0.271 e. The minimum Gasteiger partial charge on any atom is -0.396 e. The first-order valence-corrected chi connectivity index (χ1v) is 5.67. The number of halogens is 1. The molecule has 6 nitrogen and oxygen atoms in total. The molecule has 0 radical (unpaired) electrons. The molecule has 0 aliphatic heterocycles. The van der Waals surface area contributed by atoms with Crippen molar-refractivity contribution in [2.75, 3.05) is 5.73 Å². The summed E-state index contributed by atoms with van der Waals surface area (Å²) in [6, 6.07) is 7.07. The van der Waals surface area contributed by atoms with Crippen molar-refractivity contribution in [2.24, 2.45) is 5.73 Å². The molecule has 4 N–H and O–H groups in total. The van der Waals surface area contributed by atoms with Crippen molar-refractivity contribution in [3.05, 3.63) is 40.1 Å². The second-order valence-electron chi connectivity index (χ2n) is 3.52. The molecular formula is C11H8BrN5O. The minimum absolute atomic E-state index is 0.0236. The first-order valence-electron chi connectivity index (χ1n) is 4.88. The summed E-state index contributed by atoms with van der Waals surface area (Å²) in [5, 5.41) is 12.8. The highest BCUT2D eigenvalue weighted by atomic mass is 79.9. The zero-order valence-corrected chi connectivity index (χ0v) is 10.7. The van der Waals surface area contributed by atoms with Crippen molar-refractivity contribution in [2.45, 2.75) is 0 Å². The van der Waals surface area contributed by atoms with Gasteiger partial charge >= 0.3 is 0 Å². The lowest BCUT2D eigenvalue weighted by Crippen LogP contribution is -2.14. The fourth-order valence-electron chi connectivity index (χ4n) is 1.45. The van der Waals surface area contributed by atoms with Crippen LogP contribution in [0.15, 0.2) is 28.9 Å². The maximum atomic E-state index is 11.0. The Morgan fingerprint density at radius 3 is 2.72 bits per heavy atom. The summed E-state index contributed by atoms with van der Waals surface area (Å²) in [7, 11) is 0. The van der Waals surface area contributed by atoms with Gasteiger partial charge in [-0.15, -0.1) is 0 Å². The monoisotopic (exact) mass is 305 g/mol. The molecule has 0 bridgehead atoms. The molecular weight excluding hydrogens is 298 g/mol. The van der Waals surface area contributed by atoms with E-state index >= 15 is 0 Å². The molecule has 0 saturated carbocycles. The zero-order chi connectivity index (χ0) is 13.3. The number of benzene rings is 1. The van der Waals surface area contributed by atoms with Crippen LogP contribution in [-0.2, 0) is 0 Å². The van der Waals surface area contributed by atoms with Crippen molar-refractivity contribution < 1.29 is 4.79 Å². The summed E-state index contributed by atoms with van der Waals surface area (Å²) in [5.74, 6) is -0.682. The summed E-state index contributed by atoms with van der Waals surface area (Å²) >= 11 is 3.27. The number of nitriles is 1. The van der Waals surface area contributed by atoms with Crippen molar-refractivity contribution in [1.29, 1.82) is 5.26 Å². The minimum atomic E-state index is -0.682. The molecule has 2 aromatic rings. The first-order chi connectivity index (χ1) is 8.52. The molecule has 1 aromatic heterocycles. The van der Waals surface area contributed by atoms with Crippen LogP contribution in [0.5, 0.6) is 0 Å². The van der Waals surface area contributed by atoms with Crippen LogP contribution in [0.1, 0.15) is 16.1 Å². The number of anilines is 1. The van der Waals surface area contributed by atoms with Crippen LogP contribution >= 0.6 is 15.9 Å². The number of primary amides is 1. The Bertz CT molecular complexity index is 671. The second-order valence-corrected chi connectivity index (χ2v) is 4.37. The Labute approximate surface area is 111 Å². The molecule has 1 aromatic carbocycles. The molecule has 7 heteroatoms. The number of nitrogens with two attached hydrogens (primary N) is 2. The third-order valence-electron chi connectivity index (χ3n) is 2.31. The van der Waals surface area contributed by atoms with Crippen molar-refractivity contribution in [3.8, 4) is 11.8 Å². The van der Waals surface area contributed by atoms with Crippen LogP contribution < -0.4 is 11.5 Å². The van der Waals surface area contributed by atoms with Crippen LogP contribution in [0.25, 0.3) is 5.69 Å². The van der Waals surface area contributed by atoms with Gasteiger partial charge in [0.2, 0.25) is 0 Å². The molecule has 90 valence electrons. The number of nitrogen functional groups attached to an aromatic ring is 1. The molecule has 0 unspecified atom stereocenters. The maximum Gasteiger partial charge on any atom is 0.271 e. The van der Waals surface area contributed by atoms with Gasteiger partial charge in [0.25, 0.3) is 5.91 Å². The zero-order valence-electron chi connectivity index (χ0n) is 9.09. The number of hydrogen-bond donors (Lipinski definition) is 2. The van der Waals surface area contributed by atoms with E-state index in [4.69, 9.17) is 16.7 Å². The van der Waals surface area contributed by atoms with Gasteiger partial charge in [0.1, 0.15) is 6.07 Å². The third-order valence-corrected chi connectivity index (χ3v) is 2.97. The van der Waals surface area contributed by atoms with E-state index < -0.39 is 5.91 Å². The molecule has 0 saturated heterocycles. The predicted molar refractivity (Wildman–Crippen MR) is 68.9 cm³/mol. The van der Waals surface area contributed by atoms with Gasteiger partial charge in [-0.25, -0.2) is 4.68 Å². The predicted octanol–water partition coefficient (Wildman–Crippen LogP) is 1.19. The van der Waals surface area contributed by atoms with Gasteiger partial charge in [0.15, 0.2) is 5.69 Å². The van der Waals surface area contributed by atoms with Gasteiger partial charge in [-0.3, -0.25) is 4.79 Å². The quantitative estimate of drug-likeness (QED) is 0.868. The number of amides is 1. The second kappa shape index (κ2) is 4.50. The van der Waals surface area contributed by atoms with Crippen LogP contribution in [0.2, 0.25) is 0 Å². The highest BCUT2D eigenvalue weighted by Crippen LogP contribution is 2.21. The fraction of sp³-hybridized carbons (Fsp3) is 0. The molecule has 0 fully saturated rings. The molecule has 18 heavy (non-hydrogen) atoms. The largest absolute Gasteiger partial charge is 0.396 e. The number of hydrogen-bond acceptors (Lipinski definition) is 4. The Kier molecular flexibility index (Phi) is 3.04. The average molecular weight is 306 g/mol. The number of nitrogens with zero attached hydrogens (tertiary/aromatic N) is 3. The van der Waals surface area contributed by atoms with Gasteiger partial charge in [0.05, 0.1) is 23.1 Å². The van der Waals surface area contributed by atoms with E-state index in [9.17, 15) is 4.79 Å². The summed E-state index contributed by atoms with van der Waals surface area (Å²) < 4.78 is 2.07. The van der Waals surface area contributed by atoms with E-state index in [2.05, 4.69) is 21.0 Å². The van der Waals surface area contributed by atoms with Crippen LogP contribution in [-0.4, -0.2) is 15.7 Å².